The summed E-state index contributed by atoms with van der Waals surface area (Å²) in [6.07, 6.45) is -1.05. The Morgan fingerprint density at radius 2 is 1.64 bits per heavy atom. The minimum absolute atomic E-state index is 0.268. The molecule has 2 heterocycles. The Kier molecular flexibility index (Phi) is 3.74. The third-order valence-corrected chi connectivity index (χ3v) is 4.49. The normalized spacial score (nSPS) is 22.0. The summed E-state index contributed by atoms with van der Waals surface area (Å²) in [4.78, 5) is 31.6. The molecular weight excluding hydrogens is 370 g/mol. The summed E-state index contributed by atoms with van der Waals surface area (Å²) < 4.78 is 13.1. The van der Waals surface area contributed by atoms with E-state index in [1.165, 1.54) is 42.5 Å². The fraction of sp³-hybridized carbons (Fsp3) is 0.118. The van der Waals surface area contributed by atoms with E-state index in [0.29, 0.717) is 21.3 Å². The van der Waals surface area contributed by atoms with Crippen LogP contribution in [-0.2, 0) is 14.4 Å². The van der Waals surface area contributed by atoms with E-state index in [4.69, 9.17) is 28.0 Å². The summed E-state index contributed by atoms with van der Waals surface area (Å²) in [5.74, 6) is -2.34. The SMILES string of the molecule is O=C1C2ON=C(c3ccc(F)cc3)C2C(=O)N1c1cc(Cl)cc(Cl)c1. The largest absolute Gasteiger partial charge is 0.381 e. The van der Waals surface area contributed by atoms with Crippen LogP contribution < -0.4 is 4.90 Å². The van der Waals surface area contributed by atoms with Crippen LogP contribution in [0.5, 0.6) is 0 Å². The van der Waals surface area contributed by atoms with Crippen molar-refractivity contribution >= 4 is 46.4 Å². The van der Waals surface area contributed by atoms with Crippen LogP contribution in [-0.4, -0.2) is 23.6 Å². The van der Waals surface area contributed by atoms with Gasteiger partial charge in [-0.1, -0.05) is 40.5 Å². The number of amides is 2. The molecule has 1 saturated heterocycles. The maximum atomic E-state index is 13.1. The fourth-order valence-corrected chi connectivity index (χ4v) is 3.47. The Hall–Kier alpha value is -2.44. The standard InChI is InChI=1S/C17H9Cl2FN2O3/c18-9-5-10(19)7-12(6-9)22-16(23)13-14(21-25-15(13)17(22)24)8-1-3-11(20)4-2-8/h1-7,13,15H. The maximum Gasteiger partial charge on any atom is 0.278 e. The van der Waals surface area contributed by atoms with E-state index in [1.54, 1.807) is 0 Å². The fourth-order valence-electron chi connectivity index (χ4n) is 2.96. The molecular formula is C17H9Cl2FN2O3. The zero-order chi connectivity index (χ0) is 17.7. The Labute approximate surface area is 151 Å². The van der Waals surface area contributed by atoms with Crippen LogP contribution in [0.3, 0.4) is 0 Å². The van der Waals surface area contributed by atoms with Gasteiger partial charge in [0.15, 0.2) is 0 Å². The molecule has 2 atom stereocenters. The van der Waals surface area contributed by atoms with Gasteiger partial charge in [-0.3, -0.25) is 9.59 Å². The molecule has 0 radical (unpaired) electrons. The van der Waals surface area contributed by atoms with Crippen molar-refractivity contribution < 1.29 is 18.8 Å². The highest BCUT2D eigenvalue weighted by molar-refractivity contribution is 6.37. The number of rotatable bonds is 2. The van der Waals surface area contributed by atoms with Gasteiger partial charge in [-0.15, -0.1) is 0 Å². The molecule has 1 fully saturated rings. The molecule has 0 bridgehead atoms. The third-order valence-electron chi connectivity index (χ3n) is 4.06. The quantitative estimate of drug-likeness (QED) is 0.752. The molecule has 2 unspecified atom stereocenters. The smallest absolute Gasteiger partial charge is 0.278 e. The first-order chi connectivity index (χ1) is 12.0. The summed E-state index contributed by atoms with van der Waals surface area (Å²) in [6, 6.07) is 9.91. The lowest BCUT2D eigenvalue weighted by Gasteiger charge is -2.16. The van der Waals surface area contributed by atoms with Gasteiger partial charge in [0.05, 0.1) is 5.69 Å². The highest BCUT2D eigenvalue weighted by Crippen LogP contribution is 2.36. The van der Waals surface area contributed by atoms with Crippen molar-refractivity contribution in [2.75, 3.05) is 4.90 Å². The predicted octanol–water partition coefficient (Wildman–Crippen LogP) is 3.43. The van der Waals surface area contributed by atoms with Crippen LogP contribution in [0.25, 0.3) is 0 Å². The average molecular weight is 379 g/mol. The zero-order valence-electron chi connectivity index (χ0n) is 12.4. The van der Waals surface area contributed by atoms with Crippen LogP contribution in [0, 0.1) is 11.7 Å². The molecule has 8 heteroatoms. The highest BCUT2D eigenvalue weighted by Gasteiger charge is 2.56. The molecule has 126 valence electrons. The number of fused-ring (bicyclic) bond motifs is 1. The number of hydrogen-bond donors (Lipinski definition) is 0. The van der Waals surface area contributed by atoms with Crippen molar-refractivity contribution in [3.63, 3.8) is 0 Å². The van der Waals surface area contributed by atoms with Gasteiger partial charge in [-0.2, -0.15) is 0 Å². The molecule has 4 rings (SSSR count). The minimum Gasteiger partial charge on any atom is -0.381 e. The van der Waals surface area contributed by atoms with Crippen LogP contribution in [0.1, 0.15) is 5.56 Å². The predicted molar refractivity (Wildman–Crippen MR) is 90.3 cm³/mol. The Bertz CT molecular complexity index is 910. The molecule has 0 saturated carbocycles. The molecule has 0 aliphatic carbocycles. The first-order valence-corrected chi connectivity index (χ1v) is 8.05. The number of carbonyl (C=O) groups is 2. The second-order valence-electron chi connectivity index (χ2n) is 5.63. The van der Waals surface area contributed by atoms with Crippen molar-refractivity contribution in [3.8, 4) is 0 Å². The van der Waals surface area contributed by atoms with Crippen LogP contribution in [0.4, 0.5) is 10.1 Å². The van der Waals surface area contributed by atoms with E-state index >= 15 is 0 Å². The van der Waals surface area contributed by atoms with Gasteiger partial charge < -0.3 is 4.84 Å². The number of nitrogens with zero attached hydrogens (tertiary/aromatic N) is 2. The second kappa shape index (κ2) is 5.82. The zero-order valence-corrected chi connectivity index (χ0v) is 14.0. The van der Waals surface area contributed by atoms with Gasteiger partial charge >= 0.3 is 0 Å². The summed E-state index contributed by atoms with van der Waals surface area (Å²) in [5.41, 5.74) is 1.07. The van der Waals surface area contributed by atoms with Gasteiger partial charge in [-0.25, -0.2) is 9.29 Å². The molecule has 2 aliphatic heterocycles. The van der Waals surface area contributed by atoms with Gasteiger partial charge in [0.25, 0.3) is 5.91 Å². The molecule has 2 aromatic rings. The minimum atomic E-state index is -1.05. The third kappa shape index (κ3) is 2.58. The molecule has 2 aromatic carbocycles. The van der Waals surface area contributed by atoms with E-state index in [0.717, 1.165) is 4.90 Å². The number of halogens is 3. The van der Waals surface area contributed by atoms with E-state index < -0.39 is 29.7 Å². The summed E-state index contributed by atoms with van der Waals surface area (Å²) in [5, 5.41) is 4.46. The van der Waals surface area contributed by atoms with Crippen molar-refractivity contribution in [2.24, 2.45) is 11.1 Å². The summed E-state index contributed by atoms with van der Waals surface area (Å²) in [7, 11) is 0. The summed E-state index contributed by atoms with van der Waals surface area (Å²) in [6.45, 7) is 0. The number of hydrogen-bond acceptors (Lipinski definition) is 4. The molecule has 25 heavy (non-hydrogen) atoms. The van der Waals surface area contributed by atoms with Gasteiger partial charge in [-0.05, 0) is 30.3 Å². The Balaban J connectivity index is 1.72. The highest BCUT2D eigenvalue weighted by atomic mass is 35.5. The average Bonchev–Trinajstić information content (AvgIpc) is 3.08. The molecule has 0 N–H and O–H groups in total. The lowest BCUT2D eigenvalue weighted by molar-refractivity contribution is -0.126. The topological polar surface area (TPSA) is 59.0 Å². The molecule has 0 spiro atoms. The van der Waals surface area contributed by atoms with Crippen LogP contribution in [0.2, 0.25) is 10.0 Å². The lowest BCUT2D eigenvalue weighted by atomic mass is 9.94. The first kappa shape index (κ1) is 16.1. The first-order valence-electron chi connectivity index (χ1n) is 7.29. The van der Waals surface area contributed by atoms with Gasteiger partial charge in [0, 0.05) is 15.6 Å². The van der Waals surface area contributed by atoms with Crippen molar-refractivity contribution in [2.45, 2.75) is 6.10 Å². The van der Waals surface area contributed by atoms with Crippen molar-refractivity contribution in [1.82, 2.24) is 0 Å². The summed E-state index contributed by atoms with van der Waals surface area (Å²) >= 11 is 11.9. The second-order valence-corrected chi connectivity index (χ2v) is 6.50. The molecule has 0 aromatic heterocycles. The number of anilines is 1. The monoisotopic (exact) mass is 378 g/mol. The Morgan fingerprint density at radius 1 is 1.00 bits per heavy atom. The maximum absolute atomic E-state index is 13.1. The number of benzene rings is 2. The van der Waals surface area contributed by atoms with Crippen molar-refractivity contribution in [3.05, 3.63) is 63.9 Å². The van der Waals surface area contributed by atoms with Gasteiger partial charge in [0.2, 0.25) is 12.0 Å². The lowest BCUT2D eigenvalue weighted by Crippen LogP contribution is -2.33. The van der Waals surface area contributed by atoms with E-state index in [-0.39, 0.29) is 5.69 Å². The number of oxime groups is 1. The van der Waals surface area contributed by atoms with E-state index in [1.807, 2.05) is 0 Å². The van der Waals surface area contributed by atoms with Crippen molar-refractivity contribution in [1.29, 1.82) is 0 Å². The Morgan fingerprint density at radius 3 is 2.28 bits per heavy atom. The van der Waals surface area contributed by atoms with E-state index in [9.17, 15) is 14.0 Å². The van der Waals surface area contributed by atoms with Crippen LogP contribution in [0.15, 0.2) is 47.6 Å². The van der Waals surface area contributed by atoms with E-state index in [2.05, 4.69) is 5.16 Å². The van der Waals surface area contributed by atoms with Gasteiger partial charge in [0.1, 0.15) is 17.4 Å². The number of carbonyl (C=O) groups excluding carboxylic acids is 2. The van der Waals surface area contributed by atoms with Crippen LogP contribution >= 0.6 is 23.2 Å². The number of imide groups is 1. The molecule has 5 nitrogen and oxygen atoms in total. The molecule has 2 amide bonds. The molecule has 2 aliphatic rings.